The third-order valence-corrected chi connectivity index (χ3v) is 6.54. The Morgan fingerprint density at radius 3 is 2.59 bits per heavy atom. The number of likely N-dealkylation sites (N-methyl/N-ethyl adjacent to an activating group) is 1. The van der Waals surface area contributed by atoms with Crippen molar-refractivity contribution in [3.63, 3.8) is 0 Å². The van der Waals surface area contributed by atoms with Crippen LogP contribution in [0.4, 0.5) is 10.8 Å². The van der Waals surface area contributed by atoms with Gasteiger partial charge in [0.2, 0.25) is 0 Å². The number of nitrogens with one attached hydrogen (secondary N) is 2. The lowest BCUT2D eigenvalue weighted by molar-refractivity contribution is -0.133. The molecule has 0 fully saturated rings. The van der Waals surface area contributed by atoms with Crippen LogP contribution in [0.5, 0.6) is 0 Å². The molecule has 1 aliphatic rings. The molecule has 4 rings (SSSR count). The zero-order valence-electron chi connectivity index (χ0n) is 15.8. The van der Waals surface area contributed by atoms with E-state index in [-0.39, 0.29) is 0 Å². The monoisotopic (exact) mass is 424 g/mol. The van der Waals surface area contributed by atoms with Gasteiger partial charge in [-0.25, -0.2) is 4.98 Å². The Labute approximate surface area is 177 Å². The number of carbonyl (C=O) groups excluding carboxylic acids is 2. The summed E-state index contributed by atoms with van der Waals surface area (Å²) in [5.41, 5.74) is 1.61. The van der Waals surface area contributed by atoms with Crippen LogP contribution in [0.1, 0.15) is 10.6 Å². The van der Waals surface area contributed by atoms with Crippen molar-refractivity contribution in [2.24, 2.45) is 0 Å². The fourth-order valence-corrected chi connectivity index (χ4v) is 4.99. The molecule has 0 radical (unpaired) electrons. The second kappa shape index (κ2) is 8.77. The lowest BCUT2D eigenvalue weighted by Crippen LogP contribution is -2.29. The van der Waals surface area contributed by atoms with Gasteiger partial charge < -0.3 is 10.2 Å². The van der Waals surface area contributed by atoms with Crippen LogP contribution in [0.25, 0.3) is 0 Å². The maximum atomic E-state index is 12.5. The van der Waals surface area contributed by atoms with Crippen LogP contribution in [-0.2, 0) is 22.6 Å². The molecule has 0 unspecified atom stereocenters. The molecule has 1 aromatic heterocycles. The van der Waals surface area contributed by atoms with E-state index in [1.807, 2.05) is 48.5 Å². The zero-order chi connectivity index (χ0) is 20.2. The maximum Gasteiger partial charge on any atom is 0.315 e. The lowest BCUT2D eigenvalue weighted by Gasteiger charge is -2.20. The smallest absolute Gasteiger partial charge is 0.315 e. The number of nitrogens with zero attached hydrogens (tertiary/aromatic N) is 2. The highest BCUT2D eigenvalue weighted by Gasteiger charge is 2.21. The summed E-state index contributed by atoms with van der Waals surface area (Å²) in [6, 6.07) is 17.3. The van der Waals surface area contributed by atoms with Crippen molar-refractivity contribution in [3.8, 4) is 0 Å². The minimum Gasteiger partial charge on any atom is -0.317 e. The van der Waals surface area contributed by atoms with E-state index in [4.69, 9.17) is 0 Å². The van der Waals surface area contributed by atoms with Crippen LogP contribution in [0.15, 0.2) is 64.4 Å². The fourth-order valence-electron chi connectivity index (χ4n) is 2.98. The number of benzene rings is 2. The number of carbonyl (C=O) groups is 2. The first-order valence-corrected chi connectivity index (χ1v) is 10.8. The molecule has 1 aliphatic heterocycles. The van der Waals surface area contributed by atoms with Gasteiger partial charge in [0.25, 0.3) is 0 Å². The summed E-state index contributed by atoms with van der Waals surface area (Å²) in [5.74, 6) is -1.43. The standard InChI is InChI=1S/C21H20N4O2S2/c1-25-12-11-16-18(13-25)29-21(23-16)24-20(27)19(26)22-15-9-5-6-10-17(15)28-14-7-3-2-4-8-14/h2-10H,11-13H2,1H3,(H,22,26)(H,23,24,27). The van der Waals surface area contributed by atoms with E-state index in [9.17, 15) is 9.59 Å². The third kappa shape index (κ3) is 4.84. The van der Waals surface area contributed by atoms with E-state index < -0.39 is 11.8 Å². The molecule has 2 N–H and O–H groups in total. The molecular weight excluding hydrogens is 404 g/mol. The van der Waals surface area contributed by atoms with Gasteiger partial charge in [-0.2, -0.15) is 0 Å². The summed E-state index contributed by atoms with van der Waals surface area (Å²) < 4.78 is 0. The molecule has 0 atom stereocenters. The van der Waals surface area contributed by atoms with Gasteiger partial charge in [-0.15, -0.1) is 11.3 Å². The highest BCUT2D eigenvalue weighted by molar-refractivity contribution is 7.99. The predicted molar refractivity (Wildman–Crippen MR) is 116 cm³/mol. The highest BCUT2D eigenvalue weighted by Crippen LogP contribution is 2.33. The molecule has 2 amide bonds. The molecule has 3 aromatic rings. The predicted octanol–water partition coefficient (Wildman–Crippen LogP) is 3.86. The summed E-state index contributed by atoms with van der Waals surface area (Å²) in [7, 11) is 2.05. The van der Waals surface area contributed by atoms with Gasteiger partial charge >= 0.3 is 11.8 Å². The van der Waals surface area contributed by atoms with E-state index >= 15 is 0 Å². The van der Waals surface area contributed by atoms with Crippen LogP contribution in [-0.4, -0.2) is 35.3 Å². The first kappa shape index (κ1) is 19.6. The Bertz CT molecular complexity index is 1040. The van der Waals surface area contributed by atoms with E-state index in [1.165, 1.54) is 23.1 Å². The number of fused-ring (bicyclic) bond motifs is 1. The summed E-state index contributed by atoms with van der Waals surface area (Å²) >= 11 is 2.96. The maximum absolute atomic E-state index is 12.5. The Morgan fingerprint density at radius 2 is 1.76 bits per heavy atom. The molecule has 6 nitrogen and oxygen atoms in total. The number of hydrogen-bond acceptors (Lipinski definition) is 6. The van der Waals surface area contributed by atoms with E-state index in [0.717, 1.165) is 39.9 Å². The summed E-state index contributed by atoms with van der Waals surface area (Å²) in [4.78, 5) is 34.6. The van der Waals surface area contributed by atoms with Crippen LogP contribution < -0.4 is 10.6 Å². The number of para-hydroxylation sites is 1. The van der Waals surface area contributed by atoms with Gasteiger partial charge in [-0.05, 0) is 31.3 Å². The molecule has 0 aliphatic carbocycles. The normalized spacial score (nSPS) is 13.6. The lowest BCUT2D eigenvalue weighted by atomic mass is 10.2. The molecule has 2 heterocycles. The quantitative estimate of drug-likeness (QED) is 0.622. The van der Waals surface area contributed by atoms with Crippen molar-refractivity contribution in [1.82, 2.24) is 9.88 Å². The van der Waals surface area contributed by atoms with E-state index in [2.05, 4.69) is 27.6 Å². The first-order chi connectivity index (χ1) is 14.1. The number of hydrogen-bond donors (Lipinski definition) is 2. The minimum absolute atomic E-state index is 0.470. The molecule has 148 valence electrons. The van der Waals surface area contributed by atoms with Crippen molar-refractivity contribution < 1.29 is 9.59 Å². The topological polar surface area (TPSA) is 74.3 Å². The van der Waals surface area contributed by atoms with E-state index in [0.29, 0.717) is 10.8 Å². The Kier molecular flexibility index (Phi) is 5.94. The number of amides is 2. The third-order valence-electron chi connectivity index (χ3n) is 4.46. The Hall–Kier alpha value is -2.68. The first-order valence-electron chi connectivity index (χ1n) is 9.20. The SMILES string of the molecule is CN1CCc2nc(NC(=O)C(=O)Nc3ccccc3Sc3ccccc3)sc2C1. The highest BCUT2D eigenvalue weighted by atomic mass is 32.2. The molecular formula is C21H20N4O2S2. The number of thiazole rings is 1. The van der Waals surface area contributed by atoms with Crippen molar-refractivity contribution in [3.05, 3.63) is 65.2 Å². The summed E-state index contributed by atoms with van der Waals surface area (Å²) in [6.45, 7) is 1.76. The fraction of sp³-hybridized carbons (Fsp3) is 0.190. The van der Waals surface area contributed by atoms with Crippen LogP contribution in [0, 0.1) is 0 Å². The van der Waals surface area contributed by atoms with Gasteiger partial charge in [-0.1, -0.05) is 42.1 Å². The van der Waals surface area contributed by atoms with Gasteiger partial charge in [0.15, 0.2) is 5.13 Å². The number of anilines is 2. The van der Waals surface area contributed by atoms with Gasteiger partial charge in [0.05, 0.1) is 11.4 Å². The average Bonchev–Trinajstić information content (AvgIpc) is 3.11. The molecule has 2 aromatic carbocycles. The van der Waals surface area contributed by atoms with Crippen molar-refractivity contribution in [2.45, 2.75) is 22.8 Å². The largest absolute Gasteiger partial charge is 0.317 e. The molecule has 0 bridgehead atoms. The second-order valence-electron chi connectivity index (χ2n) is 6.70. The van der Waals surface area contributed by atoms with Crippen LogP contribution in [0.2, 0.25) is 0 Å². The Morgan fingerprint density at radius 1 is 1.03 bits per heavy atom. The van der Waals surface area contributed by atoms with Crippen LogP contribution in [0.3, 0.4) is 0 Å². The number of rotatable bonds is 4. The van der Waals surface area contributed by atoms with E-state index in [1.54, 1.807) is 6.07 Å². The van der Waals surface area contributed by atoms with Crippen molar-refractivity contribution >= 4 is 45.7 Å². The summed E-state index contributed by atoms with van der Waals surface area (Å²) in [6.07, 6.45) is 0.856. The van der Waals surface area contributed by atoms with Gasteiger partial charge in [0, 0.05) is 34.2 Å². The zero-order valence-corrected chi connectivity index (χ0v) is 17.5. The molecule has 0 saturated heterocycles. The Balaban J connectivity index is 1.42. The van der Waals surface area contributed by atoms with Gasteiger partial charge in [-0.3, -0.25) is 14.9 Å². The molecule has 0 spiro atoms. The van der Waals surface area contributed by atoms with Crippen molar-refractivity contribution in [2.75, 3.05) is 24.2 Å². The average molecular weight is 425 g/mol. The molecule has 8 heteroatoms. The minimum atomic E-state index is -0.719. The van der Waals surface area contributed by atoms with Gasteiger partial charge in [0.1, 0.15) is 0 Å². The van der Waals surface area contributed by atoms with Crippen molar-refractivity contribution in [1.29, 1.82) is 0 Å². The number of aromatic nitrogens is 1. The summed E-state index contributed by atoms with van der Waals surface area (Å²) in [5, 5.41) is 5.82. The molecule has 29 heavy (non-hydrogen) atoms. The second-order valence-corrected chi connectivity index (χ2v) is 8.90. The van der Waals surface area contributed by atoms with Crippen LogP contribution >= 0.6 is 23.1 Å². The molecule has 0 saturated carbocycles.